The summed E-state index contributed by atoms with van der Waals surface area (Å²) < 4.78 is 4.72. The Morgan fingerprint density at radius 3 is 2.96 bits per heavy atom. The number of benzene rings is 1. The molecular weight excluding hydrogens is 320 g/mol. The molecule has 1 aromatic carbocycles. The number of anilines is 1. The molecule has 1 aromatic heterocycles. The largest absolute Gasteiger partial charge is 0.453 e. The Morgan fingerprint density at radius 2 is 2.20 bits per heavy atom. The monoisotopic (exact) mass is 338 g/mol. The number of ether oxygens (including phenoxy) is 1. The second kappa shape index (κ2) is 7.18. The van der Waals surface area contributed by atoms with Crippen molar-refractivity contribution in [1.29, 1.82) is 5.26 Å². The number of piperidine rings is 1. The smallest absolute Gasteiger partial charge is 0.409 e. The van der Waals surface area contributed by atoms with Gasteiger partial charge < -0.3 is 15.0 Å². The average Bonchev–Trinajstić information content (AvgIpc) is 2.66. The Kier molecular flexibility index (Phi) is 4.80. The maximum absolute atomic E-state index is 12.6. The number of nitriles is 1. The van der Waals surface area contributed by atoms with E-state index in [1.54, 1.807) is 6.07 Å². The second-order valence-electron chi connectivity index (χ2n) is 5.93. The molecule has 0 saturated carbocycles. The van der Waals surface area contributed by atoms with Crippen molar-refractivity contribution in [3.63, 3.8) is 0 Å². The van der Waals surface area contributed by atoms with Crippen LogP contribution in [0.1, 0.15) is 18.4 Å². The summed E-state index contributed by atoms with van der Waals surface area (Å²) in [5.74, 6) is -0.345. The molecule has 7 nitrogen and oxygen atoms in total. The molecule has 0 aliphatic carbocycles. The molecule has 1 aliphatic rings. The molecule has 0 spiro atoms. The standard InChI is InChI=1S/C18H18N4O3/c1-25-18(24)22-8-4-6-13(11-22)17(23)21-16-14(10-19)9-12-5-2-3-7-15(12)20-16/h2-3,5,7,9,13H,4,6,8,11H2,1H3,(H,20,21,23). The number of nitrogens with zero attached hydrogens (tertiary/aromatic N) is 3. The van der Waals surface area contributed by atoms with E-state index in [1.807, 2.05) is 24.3 Å². The Morgan fingerprint density at radius 1 is 1.40 bits per heavy atom. The quantitative estimate of drug-likeness (QED) is 0.908. The number of amides is 2. The number of rotatable bonds is 2. The van der Waals surface area contributed by atoms with E-state index in [2.05, 4.69) is 16.4 Å². The first-order valence-corrected chi connectivity index (χ1v) is 8.06. The molecule has 1 atom stereocenters. The number of para-hydroxylation sites is 1. The molecule has 1 saturated heterocycles. The van der Waals surface area contributed by atoms with Crippen LogP contribution >= 0.6 is 0 Å². The van der Waals surface area contributed by atoms with Crippen LogP contribution in [0.5, 0.6) is 0 Å². The highest BCUT2D eigenvalue weighted by Crippen LogP contribution is 2.23. The number of nitrogens with one attached hydrogen (secondary N) is 1. The summed E-state index contributed by atoms with van der Waals surface area (Å²) in [6, 6.07) is 11.2. The first-order valence-electron chi connectivity index (χ1n) is 8.06. The summed E-state index contributed by atoms with van der Waals surface area (Å²) >= 11 is 0. The molecule has 0 bridgehead atoms. The van der Waals surface area contributed by atoms with Crippen LogP contribution in [0.2, 0.25) is 0 Å². The lowest BCUT2D eigenvalue weighted by Crippen LogP contribution is -2.43. The van der Waals surface area contributed by atoms with Gasteiger partial charge >= 0.3 is 6.09 Å². The van der Waals surface area contributed by atoms with Crippen molar-refractivity contribution in [3.05, 3.63) is 35.9 Å². The fraction of sp³-hybridized carbons (Fsp3) is 0.333. The number of methoxy groups -OCH3 is 1. The Labute approximate surface area is 145 Å². The predicted molar refractivity (Wildman–Crippen MR) is 91.8 cm³/mol. The third-order valence-electron chi connectivity index (χ3n) is 4.31. The van der Waals surface area contributed by atoms with Crippen molar-refractivity contribution >= 4 is 28.7 Å². The fourth-order valence-corrected chi connectivity index (χ4v) is 3.00. The minimum absolute atomic E-state index is 0.243. The summed E-state index contributed by atoms with van der Waals surface area (Å²) in [5, 5.41) is 12.9. The third-order valence-corrected chi connectivity index (χ3v) is 4.31. The van der Waals surface area contributed by atoms with Gasteiger partial charge in [0.1, 0.15) is 6.07 Å². The van der Waals surface area contributed by atoms with Crippen LogP contribution in [0.3, 0.4) is 0 Å². The molecule has 1 unspecified atom stereocenters. The number of carbonyl (C=O) groups is 2. The van der Waals surface area contributed by atoms with E-state index in [4.69, 9.17) is 4.74 Å². The molecule has 2 aromatic rings. The van der Waals surface area contributed by atoms with Gasteiger partial charge in [-0.05, 0) is 25.0 Å². The molecule has 1 fully saturated rings. The van der Waals surface area contributed by atoms with Gasteiger partial charge in [-0.2, -0.15) is 5.26 Å². The van der Waals surface area contributed by atoms with Crippen LogP contribution in [0.4, 0.5) is 10.6 Å². The first kappa shape index (κ1) is 16.7. The maximum Gasteiger partial charge on any atom is 0.409 e. The lowest BCUT2D eigenvalue weighted by atomic mass is 9.97. The molecule has 3 rings (SSSR count). The van der Waals surface area contributed by atoms with Gasteiger partial charge in [0.25, 0.3) is 0 Å². The van der Waals surface area contributed by atoms with Gasteiger partial charge in [0.2, 0.25) is 5.91 Å². The van der Waals surface area contributed by atoms with Crippen LogP contribution in [0.15, 0.2) is 30.3 Å². The zero-order chi connectivity index (χ0) is 17.8. The molecule has 1 aliphatic heterocycles. The van der Waals surface area contributed by atoms with E-state index in [1.165, 1.54) is 12.0 Å². The summed E-state index contributed by atoms with van der Waals surface area (Å²) in [4.78, 5) is 30.2. The minimum atomic E-state index is -0.431. The van der Waals surface area contributed by atoms with Gasteiger partial charge in [0.15, 0.2) is 5.82 Å². The average molecular weight is 338 g/mol. The van der Waals surface area contributed by atoms with E-state index in [9.17, 15) is 14.9 Å². The van der Waals surface area contributed by atoms with Gasteiger partial charge in [-0.15, -0.1) is 0 Å². The van der Waals surface area contributed by atoms with Crippen LogP contribution in [0, 0.1) is 17.2 Å². The molecule has 0 radical (unpaired) electrons. The summed E-state index contributed by atoms with van der Waals surface area (Å²) in [7, 11) is 1.32. The normalized spacial score (nSPS) is 17.0. The summed E-state index contributed by atoms with van der Waals surface area (Å²) in [5.41, 5.74) is 1.02. The third kappa shape index (κ3) is 3.53. The van der Waals surface area contributed by atoms with Gasteiger partial charge in [-0.3, -0.25) is 4.79 Å². The number of hydrogen-bond acceptors (Lipinski definition) is 5. The Balaban J connectivity index is 1.79. The zero-order valence-corrected chi connectivity index (χ0v) is 13.9. The van der Waals surface area contributed by atoms with Crippen LogP contribution in [0.25, 0.3) is 10.9 Å². The maximum atomic E-state index is 12.6. The molecule has 7 heteroatoms. The lowest BCUT2D eigenvalue weighted by molar-refractivity contribution is -0.121. The summed E-state index contributed by atoms with van der Waals surface area (Å²) in [6.45, 7) is 0.877. The SMILES string of the molecule is COC(=O)N1CCCC(C(=O)Nc2nc3ccccc3cc2C#N)C1. The molecule has 1 N–H and O–H groups in total. The Bertz CT molecular complexity index is 859. The van der Waals surface area contributed by atoms with E-state index >= 15 is 0 Å². The molecule has 128 valence electrons. The van der Waals surface area contributed by atoms with Crippen molar-refractivity contribution in [1.82, 2.24) is 9.88 Å². The highest BCUT2D eigenvalue weighted by atomic mass is 16.5. The number of carbonyl (C=O) groups excluding carboxylic acids is 2. The predicted octanol–water partition coefficient (Wildman–Crippen LogP) is 2.52. The topological polar surface area (TPSA) is 95.3 Å². The van der Waals surface area contributed by atoms with Crippen LogP contribution in [-0.4, -0.2) is 42.1 Å². The van der Waals surface area contributed by atoms with Crippen molar-refractivity contribution in [2.75, 3.05) is 25.5 Å². The Hall–Kier alpha value is -3.14. The first-order chi connectivity index (χ1) is 12.1. The van der Waals surface area contributed by atoms with Crippen molar-refractivity contribution in [3.8, 4) is 6.07 Å². The van der Waals surface area contributed by atoms with Crippen LogP contribution < -0.4 is 5.32 Å². The summed E-state index contributed by atoms with van der Waals surface area (Å²) in [6.07, 6.45) is 0.970. The number of pyridine rings is 1. The highest BCUT2D eigenvalue weighted by Gasteiger charge is 2.29. The van der Waals surface area contributed by atoms with Gasteiger partial charge in [-0.1, -0.05) is 18.2 Å². The molecule has 2 heterocycles. The molecular formula is C18H18N4O3. The minimum Gasteiger partial charge on any atom is -0.453 e. The van der Waals surface area contributed by atoms with Crippen molar-refractivity contribution < 1.29 is 14.3 Å². The number of likely N-dealkylation sites (tertiary alicyclic amines) is 1. The number of fused-ring (bicyclic) bond motifs is 1. The number of aromatic nitrogens is 1. The van der Waals surface area contributed by atoms with Crippen molar-refractivity contribution in [2.24, 2.45) is 5.92 Å². The van der Waals surface area contributed by atoms with Gasteiger partial charge in [0.05, 0.1) is 24.1 Å². The van der Waals surface area contributed by atoms with Crippen LogP contribution in [-0.2, 0) is 9.53 Å². The number of hydrogen-bond donors (Lipinski definition) is 1. The van der Waals surface area contributed by atoms with E-state index < -0.39 is 6.09 Å². The molecule has 2 amide bonds. The zero-order valence-electron chi connectivity index (χ0n) is 13.9. The second-order valence-corrected chi connectivity index (χ2v) is 5.93. The fourth-order valence-electron chi connectivity index (χ4n) is 3.00. The lowest BCUT2D eigenvalue weighted by Gasteiger charge is -2.30. The van der Waals surface area contributed by atoms with E-state index in [0.717, 1.165) is 11.8 Å². The van der Waals surface area contributed by atoms with E-state index in [-0.39, 0.29) is 17.6 Å². The van der Waals surface area contributed by atoms with Gasteiger partial charge in [-0.25, -0.2) is 9.78 Å². The highest BCUT2D eigenvalue weighted by molar-refractivity contribution is 5.95. The van der Waals surface area contributed by atoms with Crippen molar-refractivity contribution in [2.45, 2.75) is 12.8 Å². The van der Waals surface area contributed by atoms with E-state index in [0.29, 0.717) is 30.6 Å². The van der Waals surface area contributed by atoms with Gasteiger partial charge in [0, 0.05) is 18.5 Å². The molecule has 25 heavy (non-hydrogen) atoms.